The number of primary amides is 1. The number of aromatic nitrogens is 1. The third-order valence-electron chi connectivity index (χ3n) is 5.61. The standard InChI is InChI=1S/C25H30N2O3/c1-5-6-21-24(19-9-12-22(30-4)16(2)15-19)23(25(26)29)17(3)27(21)14-13-18-7-10-20(28)11-8-18/h7-12,15,28H,5-6,13-14H2,1-4H3,(H2,26,29). The second-order valence-electron chi connectivity index (χ2n) is 7.65. The summed E-state index contributed by atoms with van der Waals surface area (Å²) >= 11 is 0. The number of aromatic hydroxyl groups is 1. The summed E-state index contributed by atoms with van der Waals surface area (Å²) in [7, 11) is 1.66. The molecule has 2 aromatic carbocycles. The first-order valence-corrected chi connectivity index (χ1v) is 10.3. The molecule has 0 aliphatic heterocycles. The van der Waals surface area contributed by atoms with E-state index in [1.54, 1.807) is 19.2 Å². The lowest BCUT2D eigenvalue weighted by Crippen LogP contribution is -2.14. The molecule has 0 aliphatic rings. The summed E-state index contributed by atoms with van der Waals surface area (Å²) in [5.74, 6) is 0.673. The Hall–Kier alpha value is -3.21. The summed E-state index contributed by atoms with van der Waals surface area (Å²) in [6, 6.07) is 13.2. The van der Waals surface area contributed by atoms with Gasteiger partial charge in [0.15, 0.2) is 0 Å². The highest BCUT2D eigenvalue weighted by Crippen LogP contribution is 2.36. The molecule has 3 N–H and O–H groups in total. The molecule has 0 bridgehead atoms. The normalized spacial score (nSPS) is 10.9. The van der Waals surface area contributed by atoms with Crippen molar-refractivity contribution in [1.29, 1.82) is 0 Å². The van der Waals surface area contributed by atoms with Gasteiger partial charge in [0.2, 0.25) is 0 Å². The Morgan fingerprint density at radius 3 is 2.37 bits per heavy atom. The summed E-state index contributed by atoms with van der Waals surface area (Å²) in [6.45, 7) is 6.84. The van der Waals surface area contributed by atoms with Crippen molar-refractivity contribution < 1.29 is 14.6 Å². The molecule has 158 valence electrons. The highest BCUT2D eigenvalue weighted by molar-refractivity contribution is 6.02. The molecular weight excluding hydrogens is 376 g/mol. The molecule has 3 rings (SSSR count). The molecule has 3 aromatic rings. The lowest BCUT2D eigenvalue weighted by Gasteiger charge is -2.14. The molecule has 1 amide bonds. The van der Waals surface area contributed by atoms with Crippen LogP contribution in [0.3, 0.4) is 0 Å². The highest BCUT2D eigenvalue weighted by Gasteiger charge is 2.24. The number of carbonyl (C=O) groups excluding carboxylic acids is 1. The lowest BCUT2D eigenvalue weighted by molar-refractivity contribution is 0.1000. The minimum Gasteiger partial charge on any atom is -0.508 e. The van der Waals surface area contributed by atoms with E-state index in [4.69, 9.17) is 10.5 Å². The average Bonchev–Trinajstić information content (AvgIpc) is 2.99. The molecule has 0 saturated heterocycles. The van der Waals surface area contributed by atoms with Gasteiger partial charge in [0.05, 0.1) is 12.7 Å². The number of carbonyl (C=O) groups is 1. The van der Waals surface area contributed by atoms with Crippen molar-refractivity contribution in [2.24, 2.45) is 5.73 Å². The van der Waals surface area contributed by atoms with E-state index in [0.29, 0.717) is 5.56 Å². The number of hydrogen-bond acceptors (Lipinski definition) is 3. The zero-order valence-electron chi connectivity index (χ0n) is 18.2. The molecule has 0 unspecified atom stereocenters. The summed E-state index contributed by atoms with van der Waals surface area (Å²) < 4.78 is 7.63. The predicted molar refractivity (Wildman–Crippen MR) is 120 cm³/mol. The predicted octanol–water partition coefficient (Wildman–Crippen LogP) is 4.78. The maximum Gasteiger partial charge on any atom is 0.251 e. The van der Waals surface area contributed by atoms with Crippen LogP contribution in [-0.2, 0) is 19.4 Å². The van der Waals surface area contributed by atoms with Gasteiger partial charge in [-0.05, 0) is 67.6 Å². The molecule has 1 aromatic heterocycles. The van der Waals surface area contributed by atoms with E-state index in [1.165, 1.54) is 0 Å². The summed E-state index contributed by atoms with van der Waals surface area (Å²) in [4.78, 5) is 12.5. The third-order valence-corrected chi connectivity index (χ3v) is 5.61. The second-order valence-corrected chi connectivity index (χ2v) is 7.65. The molecular formula is C25H30N2O3. The van der Waals surface area contributed by atoms with Crippen molar-refractivity contribution in [1.82, 2.24) is 4.57 Å². The summed E-state index contributed by atoms with van der Waals surface area (Å²) in [6.07, 6.45) is 2.61. The van der Waals surface area contributed by atoms with Gasteiger partial charge in [-0.15, -0.1) is 0 Å². The molecule has 5 nitrogen and oxygen atoms in total. The first-order valence-electron chi connectivity index (χ1n) is 10.3. The summed E-state index contributed by atoms with van der Waals surface area (Å²) in [5.41, 5.74) is 12.5. The van der Waals surface area contributed by atoms with Crippen LogP contribution in [0.4, 0.5) is 0 Å². The molecule has 30 heavy (non-hydrogen) atoms. The van der Waals surface area contributed by atoms with Gasteiger partial charge in [-0.3, -0.25) is 4.79 Å². The topological polar surface area (TPSA) is 77.5 Å². The van der Waals surface area contributed by atoms with E-state index < -0.39 is 5.91 Å². The maximum atomic E-state index is 12.5. The van der Waals surface area contributed by atoms with Crippen LogP contribution in [0, 0.1) is 13.8 Å². The van der Waals surface area contributed by atoms with Crippen molar-refractivity contribution in [3.8, 4) is 22.6 Å². The van der Waals surface area contributed by atoms with Crippen LogP contribution in [0.5, 0.6) is 11.5 Å². The summed E-state index contributed by atoms with van der Waals surface area (Å²) in [5, 5.41) is 9.52. The van der Waals surface area contributed by atoms with Gasteiger partial charge in [0.25, 0.3) is 5.91 Å². The van der Waals surface area contributed by atoms with Gasteiger partial charge >= 0.3 is 0 Å². The highest BCUT2D eigenvalue weighted by atomic mass is 16.5. The van der Waals surface area contributed by atoms with Crippen LogP contribution in [-0.4, -0.2) is 22.7 Å². The van der Waals surface area contributed by atoms with E-state index in [0.717, 1.165) is 65.2 Å². The number of benzene rings is 2. The molecule has 0 fully saturated rings. The number of methoxy groups -OCH3 is 1. The van der Waals surface area contributed by atoms with Crippen LogP contribution >= 0.6 is 0 Å². The Labute approximate surface area is 178 Å². The van der Waals surface area contributed by atoms with E-state index in [9.17, 15) is 9.90 Å². The molecule has 5 heteroatoms. The third kappa shape index (κ3) is 4.20. The Bertz CT molecular complexity index is 1050. The zero-order chi connectivity index (χ0) is 21.8. The van der Waals surface area contributed by atoms with Gasteiger partial charge in [-0.1, -0.05) is 31.5 Å². The number of phenolic OH excluding ortho intramolecular Hbond substituents is 1. The van der Waals surface area contributed by atoms with Gasteiger partial charge in [0.1, 0.15) is 11.5 Å². The van der Waals surface area contributed by atoms with Gasteiger partial charge < -0.3 is 20.1 Å². The molecule has 1 heterocycles. The zero-order valence-corrected chi connectivity index (χ0v) is 18.2. The molecule has 0 radical (unpaired) electrons. The smallest absolute Gasteiger partial charge is 0.251 e. The van der Waals surface area contributed by atoms with E-state index in [1.807, 2.05) is 38.1 Å². The van der Waals surface area contributed by atoms with Gasteiger partial charge in [-0.25, -0.2) is 0 Å². The van der Waals surface area contributed by atoms with Gasteiger partial charge in [-0.2, -0.15) is 0 Å². The van der Waals surface area contributed by atoms with Crippen molar-refractivity contribution >= 4 is 5.91 Å². The van der Waals surface area contributed by atoms with Crippen LogP contribution in [0.2, 0.25) is 0 Å². The quantitative estimate of drug-likeness (QED) is 0.565. The first kappa shape index (κ1) is 21.5. The van der Waals surface area contributed by atoms with Crippen LogP contribution in [0.1, 0.15) is 46.2 Å². The number of amides is 1. The Kier molecular flexibility index (Phi) is 6.50. The fraction of sp³-hybridized carbons (Fsp3) is 0.320. The van der Waals surface area contributed by atoms with Gasteiger partial charge in [0, 0.05) is 23.5 Å². The Morgan fingerprint density at radius 2 is 1.80 bits per heavy atom. The fourth-order valence-corrected chi connectivity index (χ4v) is 4.15. The Morgan fingerprint density at radius 1 is 1.10 bits per heavy atom. The average molecular weight is 407 g/mol. The van der Waals surface area contributed by atoms with E-state index >= 15 is 0 Å². The van der Waals surface area contributed by atoms with Crippen LogP contribution in [0.25, 0.3) is 11.1 Å². The van der Waals surface area contributed by atoms with Crippen LogP contribution < -0.4 is 10.5 Å². The largest absolute Gasteiger partial charge is 0.508 e. The number of rotatable bonds is 8. The van der Waals surface area contributed by atoms with E-state index in [-0.39, 0.29) is 5.75 Å². The lowest BCUT2D eigenvalue weighted by atomic mass is 9.96. The number of hydrogen-bond donors (Lipinski definition) is 2. The minimum absolute atomic E-state index is 0.260. The maximum absolute atomic E-state index is 12.5. The second kappa shape index (κ2) is 9.08. The minimum atomic E-state index is -0.406. The van der Waals surface area contributed by atoms with Crippen molar-refractivity contribution in [3.05, 3.63) is 70.5 Å². The molecule has 0 spiro atoms. The number of nitrogens with two attached hydrogens (primary N) is 1. The first-order chi connectivity index (χ1) is 14.4. The van der Waals surface area contributed by atoms with Crippen molar-refractivity contribution in [3.63, 3.8) is 0 Å². The van der Waals surface area contributed by atoms with Crippen LogP contribution in [0.15, 0.2) is 42.5 Å². The monoisotopic (exact) mass is 406 g/mol. The van der Waals surface area contributed by atoms with Crippen molar-refractivity contribution in [2.75, 3.05) is 7.11 Å². The fourth-order valence-electron chi connectivity index (χ4n) is 4.15. The SMILES string of the molecule is CCCc1c(-c2ccc(OC)c(C)c2)c(C(N)=O)c(C)n1CCc1ccc(O)cc1. The Balaban J connectivity index is 2.11. The number of ether oxygens (including phenoxy) is 1. The van der Waals surface area contributed by atoms with E-state index in [2.05, 4.69) is 17.6 Å². The molecule has 0 atom stereocenters. The molecule has 0 aliphatic carbocycles. The van der Waals surface area contributed by atoms with Crippen molar-refractivity contribution in [2.45, 2.75) is 46.6 Å². The number of phenols is 1. The number of nitrogens with zero attached hydrogens (tertiary/aromatic N) is 1. The molecule has 0 saturated carbocycles. The number of aryl methyl sites for hydroxylation is 2.